The first-order valence-electron chi connectivity index (χ1n) is 9.26. The summed E-state index contributed by atoms with van der Waals surface area (Å²) in [5.74, 6) is 1.53. The van der Waals surface area contributed by atoms with Crippen LogP contribution in [0.25, 0.3) is 0 Å². The van der Waals surface area contributed by atoms with Gasteiger partial charge in [-0.1, -0.05) is 23.7 Å². The topological polar surface area (TPSA) is 42.0 Å². The molecule has 3 rings (SSSR count). The normalized spacial score (nSPS) is 15.4. The maximum atomic E-state index is 12.7. The number of amides is 1. The number of hydrogen-bond donors (Lipinski definition) is 0. The van der Waals surface area contributed by atoms with Crippen molar-refractivity contribution in [2.45, 2.75) is 20.0 Å². The van der Waals surface area contributed by atoms with Gasteiger partial charge in [-0.05, 0) is 50.2 Å². The smallest absolute Gasteiger partial charge is 0.263 e. The van der Waals surface area contributed by atoms with E-state index in [0.717, 1.165) is 24.5 Å². The van der Waals surface area contributed by atoms with Gasteiger partial charge in [-0.3, -0.25) is 4.79 Å². The molecule has 1 saturated heterocycles. The number of benzene rings is 2. The first-order valence-corrected chi connectivity index (χ1v) is 9.64. The predicted molar refractivity (Wildman–Crippen MR) is 108 cm³/mol. The molecule has 5 nitrogen and oxygen atoms in total. The Morgan fingerprint density at radius 1 is 1.07 bits per heavy atom. The Morgan fingerprint density at radius 3 is 2.41 bits per heavy atom. The summed E-state index contributed by atoms with van der Waals surface area (Å²) in [6.07, 6.45) is -0.534. The summed E-state index contributed by atoms with van der Waals surface area (Å²) in [6.45, 7) is 7.26. The summed E-state index contributed by atoms with van der Waals surface area (Å²) in [5.41, 5.74) is 1.08. The largest absolute Gasteiger partial charge is 0.492 e. The van der Waals surface area contributed by atoms with Gasteiger partial charge in [-0.15, -0.1) is 0 Å². The quantitative estimate of drug-likeness (QED) is 0.753. The Labute approximate surface area is 165 Å². The maximum Gasteiger partial charge on any atom is 0.263 e. The SMILES string of the molecule is CCOc1ccccc1N1CCN(C(=O)C(C)Oc2ccc(Cl)cc2)CC1. The number of carbonyl (C=O) groups is 1. The lowest BCUT2D eigenvalue weighted by molar-refractivity contribution is -0.138. The van der Waals surface area contributed by atoms with E-state index in [-0.39, 0.29) is 5.91 Å². The van der Waals surface area contributed by atoms with Crippen LogP contribution < -0.4 is 14.4 Å². The summed E-state index contributed by atoms with van der Waals surface area (Å²) >= 11 is 5.88. The van der Waals surface area contributed by atoms with Gasteiger partial charge >= 0.3 is 0 Å². The van der Waals surface area contributed by atoms with Crippen molar-refractivity contribution in [2.75, 3.05) is 37.7 Å². The average molecular weight is 389 g/mol. The Balaban J connectivity index is 1.57. The van der Waals surface area contributed by atoms with Crippen LogP contribution in [0.3, 0.4) is 0 Å². The van der Waals surface area contributed by atoms with Gasteiger partial charge in [0.2, 0.25) is 0 Å². The number of anilines is 1. The third-order valence-electron chi connectivity index (χ3n) is 4.57. The summed E-state index contributed by atoms with van der Waals surface area (Å²) in [4.78, 5) is 16.8. The molecule has 0 saturated carbocycles. The second-order valence-electron chi connectivity index (χ2n) is 6.43. The van der Waals surface area contributed by atoms with Crippen molar-refractivity contribution >= 4 is 23.2 Å². The van der Waals surface area contributed by atoms with Gasteiger partial charge in [-0.2, -0.15) is 0 Å². The fourth-order valence-electron chi connectivity index (χ4n) is 3.19. The van der Waals surface area contributed by atoms with Crippen molar-refractivity contribution in [2.24, 2.45) is 0 Å². The summed E-state index contributed by atoms with van der Waals surface area (Å²) in [7, 11) is 0. The van der Waals surface area contributed by atoms with Gasteiger partial charge < -0.3 is 19.3 Å². The molecule has 1 heterocycles. The highest BCUT2D eigenvalue weighted by molar-refractivity contribution is 6.30. The zero-order chi connectivity index (χ0) is 19.2. The molecule has 1 unspecified atom stereocenters. The molecule has 0 N–H and O–H groups in total. The monoisotopic (exact) mass is 388 g/mol. The van der Waals surface area contributed by atoms with E-state index < -0.39 is 6.10 Å². The second-order valence-corrected chi connectivity index (χ2v) is 6.86. The van der Waals surface area contributed by atoms with Crippen molar-refractivity contribution < 1.29 is 14.3 Å². The lowest BCUT2D eigenvalue weighted by atomic mass is 10.2. The van der Waals surface area contributed by atoms with Crippen LogP contribution in [0.4, 0.5) is 5.69 Å². The fraction of sp³-hybridized carbons (Fsp3) is 0.381. The van der Waals surface area contributed by atoms with Crippen LogP contribution in [0.15, 0.2) is 48.5 Å². The van der Waals surface area contributed by atoms with Gasteiger partial charge in [0.25, 0.3) is 5.91 Å². The molecule has 144 valence electrons. The zero-order valence-electron chi connectivity index (χ0n) is 15.7. The van der Waals surface area contributed by atoms with E-state index in [2.05, 4.69) is 11.0 Å². The van der Waals surface area contributed by atoms with Crippen LogP contribution in [0.5, 0.6) is 11.5 Å². The van der Waals surface area contributed by atoms with Crippen molar-refractivity contribution in [3.05, 3.63) is 53.6 Å². The summed E-state index contributed by atoms with van der Waals surface area (Å²) < 4.78 is 11.5. The molecule has 1 amide bonds. The number of hydrogen-bond acceptors (Lipinski definition) is 4. The van der Waals surface area contributed by atoms with Crippen LogP contribution >= 0.6 is 11.6 Å². The minimum atomic E-state index is -0.534. The van der Waals surface area contributed by atoms with E-state index in [0.29, 0.717) is 30.5 Å². The molecule has 1 aliphatic rings. The van der Waals surface area contributed by atoms with E-state index in [4.69, 9.17) is 21.1 Å². The molecule has 0 radical (unpaired) electrons. The molecule has 0 aromatic heterocycles. The highest BCUT2D eigenvalue weighted by Crippen LogP contribution is 2.29. The van der Waals surface area contributed by atoms with Crippen LogP contribution in [0, 0.1) is 0 Å². The molecular weight excluding hydrogens is 364 g/mol. The molecule has 27 heavy (non-hydrogen) atoms. The Kier molecular flexibility index (Phi) is 6.45. The number of carbonyl (C=O) groups excluding carboxylic acids is 1. The molecular formula is C21H25ClN2O3. The Hall–Kier alpha value is -2.40. The second kappa shape index (κ2) is 9.00. The van der Waals surface area contributed by atoms with Crippen LogP contribution in [-0.2, 0) is 4.79 Å². The van der Waals surface area contributed by atoms with Gasteiger partial charge in [0.05, 0.1) is 12.3 Å². The number of para-hydroxylation sites is 2. The molecule has 0 bridgehead atoms. The number of ether oxygens (including phenoxy) is 2. The lowest BCUT2D eigenvalue weighted by Crippen LogP contribution is -2.52. The minimum Gasteiger partial charge on any atom is -0.492 e. The van der Waals surface area contributed by atoms with Crippen molar-refractivity contribution in [1.82, 2.24) is 4.90 Å². The van der Waals surface area contributed by atoms with E-state index >= 15 is 0 Å². The standard InChI is InChI=1S/C21H25ClN2O3/c1-3-26-20-7-5-4-6-19(20)23-12-14-24(15-13-23)21(25)16(2)27-18-10-8-17(22)9-11-18/h4-11,16H,3,12-15H2,1-2H3. The number of piperazine rings is 1. The highest BCUT2D eigenvalue weighted by atomic mass is 35.5. The third-order valence-corrected chi connectivity index (χ3v) is 4.82. The Bertz CT molecular complexity index is 758. The number of rotatable bonds is 6. The average Bonchev–Trinajstić information content (AvgIpc) is 2.70. The number of nitrogens with zero attached hydrogens (tertiary/aromatic N) is 2. The molecule has 1 atom stereocenters. The Morgan fingerprint density at radius 2 is 1.74 bits per heavy atom. The van der Waals surface area contributed by atoms with E-state index in [1.807, 2.05) is 30.0 Å². The molecule has 1 fully saturated rings. The summed E-state index contributed by atoms with van der Waals surface area (Å²) in [6, 6.07) is 15.1. The molecule has 1 aliphatic heterocycles. The fourth-order valence-corrected chi connectivity index (χ4v) is 3.31. The molecule has 6 heteroatoms. The molecule has 0 aliphatic carbocycles. The van der Waals surface area contributed by atoms with Gasteiger partial charge in [0.1, 0.15) is 11.5 Å². The summed E-state index contributed by atoms with van der Waals surface area (Å²) in [5, 5.41) is 0.643. The minimum absolute atomic E-state index is 0.00249. The van der Waals surface area contributed by atoms with E-state index in [1.54, 1.807) is 31.2 Å². The van der Waals surface area contributed by atoms with Crippen molar-refractivity contribution in [3.8, 4) is 11.5 Å². The molecule has 2 aromatic rings. The first kappa shape index (κ1) is 19.4. The first-order chi connectivity index (χ1) is 13.1. The van der Waals surface area contributed by atoms with Crippen LogP contribution in [0.1, 0.15) is 13.8 Å². The van der Waals surface area contributed by atoms with Gasteiger partial charge in [-0.25, -0.2) is 0 Å². The predicted octanol–water partition coefficient (Wildman–Crippen LogP) is 3.85. The van der Waals surface area contributed by atoms with E-state index in [1.165, 1.54) is 0 Å². The van der Waals surface area contributed by atoms with Crippen molar-refractivity contribution in [1.29, 1.82) is 0 Å². The molecule has 0 spiro atoms. The van der Waals surface area contributed by atoms with Crippen molar-refractivity contribution in [3.63, 3.8) is 0 Å². The van der Waals surface area contributed by atoms with Gasteiger partial charge in [0.15, 0.2) is 6.10 Å². The highest BCUT2D eigenvalue weighted by Gasteiger charge is 2.27. The zero-order valence-corrected chi connectivity index (χ0v) is 16.5. The number of halogens is 1. The van der Waals surface area contributed by atoms with Crippen LogP contribution in [-0.4, -0.2) is 49.7 Å². The van der Waals surface area contributed by atoms with Crippen LogP contribution in [0.2, 0.25) is 5.02 Å². The third kappa shape index (κ3) is 4.86. The maximum absolute atomic E-state index is 12.7. The molecule has 2 aromatic carbocycles. The van der Waals surface area contributed by atoms with Gasteiger partial charge in [0, 0.05) is 31.2 Å². The lowest BCUT2D eigenvalue weighted by Gasteiger charge is -2.37. The van der Waals surface area contributed by atoms with E-state index in [9.17, 15) is 4.79 Å².